The molecule has 19 heavy (non-hydrogen) atoms. The zero-order chi connectivity index (χ0) is 13.9. The number of benzene rings is 1. The van der Waals surface area contributed by atoms with E-state index in [0.717, 1.165) is 16.7 Å². The van der Waals surface area contributed by atoms with Crippen molar-refractivity contribution in [2.75, 3.05) is 0 Å². The fourth-order valence-corrected chi connectivity index (χ4v) is 3.11. The molecule has 0 amide bonds. The molecule has 0 saturated heterocycles. The fourth-order valence-electron chi connectivity index (χ4n) is 1.77. The largest absolute Gasteiger partial charge is 0.264 e. The van der Waals surface area contributed by atoms with E-state index in [1.807, 2.05) is 26.0 Å². The summed E-state index contributed by atoms with van der Waals surface area (Å²) in [6.45, 7) is 3.95. The Labute approximate surface area is 113 Å². The minimum absolute atomic E-state index is 0.240. The van der Waals surface area contributed by atoms with Crippen molar-refractivity contribution in [2.24, 2.45) is 0 Å². The molecule has 0 aliphatic heterocycles. The summed E-state index contributed by atoms with van der Waals surface area (Å²) in [7, 11) is -3.49. The van der Waals surface area contributed by atoms with Crippen molar-refractivity contribution in [3.63, 3.8) is 0 Å². The predicted octanol–water partition coefficient (Wildman–Crippen LogP) is 2.18. The van der Waals surface area contributed by atoms with Crippen LogP contribution in [0.5, 0.6) is 0 Å². The van der Waals surface area contributed by atoms with Gasteiger partial charge in [0.2, 0.25) is 10.0 Å². The van der Waals surface area contributed by atoms with Crippen molar-refractivity contribution < 1.29 is 8.42 Å². The van der Waals surface area contributed by atoms with Crippen molar-refractivity contribution in [3.8, 4) is 0 Å². The van der Waals surface area contributed by atoms with E-state index in [9.17, 15) is 8.42 Å². The highest BCUT2D eigenvalue weighted by Crippen LogP contribution is 2.18. The molecule has 1 heterocycles. The van der Waals surface area contributed by atoms with Gasteiger partial charge in [-0.25, -0.2) is 13.1 Å². The molecule has 2 rings (SSSR count). The number of pyridine rings is 1. The number of hydrogen-bond donors (Lipinski definition) is 1. The standard InChI is InChI=1S/C14H16N2O2S/c1-11-5-3-7-14(12(11)2)19(17,18)16-10-13-6-4-8-15-9-13/h3-9,16H,10H2,1-2H3. The summed E-state index contributed by atoms with van der Waals surface area (Å²) in [5.74, 6) is 0. The number of aryl methyl sites for hydroxylation is 1. The smallest absolute Gasteiger partial charge is 0.241 e. The summed E-state index contributed by atoms with van der Waals surface area (Å²) in [4.78, 5) is 4.28. The van der Waals surface area contributed by atoms with E-state index in [2.05, 4.69) is 9.71 Å². The van der Waals surface area contributed by atoms with Crippen LogP contribution in [0.4, 0.5) is 0 Å². The minimum atomic E-state index is -3.49. The van der Waals surface area contributed by atoms with Gasteiger partial charge in [-0.1, -0.05) is 18.2 Å². The van der Waals surface area contributed by atoms with E-state index in [1.165, 1.54) is 0 Å². The third-order valence-electron chi connectivity index (χ3n) is 3.03. The van der Waals surface area contributed by atoms with E-state index in [0.29, 0.717) is 4.90 Å². The molecule has 4 nitrogen and oxygen atoms in total. The molecule has 100 valence electrons. The maximum absolute atomic E-state index is 12.2. The molecule has 0 aliphatic rings. The molecule has 0 aliphatic carbocycles. The second-order valence-electron chi connectivity index (χ2n) is 4.38. The molecule has 0 saturated carbocycles. The molecule has 2 aromatic rings. The quantitative estimate of drug-likeness (QED) is 0.931. The lowest BCUT2D eigenvalue weighted by Gasteiger charge is -2.10. The lowest BCUT2D eigenvalue weighted by molar-refractivity contribution is 0.580. The lowest BCUT2D eigenvalue weighted by Crippen LogP contribution is -2.24. The Balaban J connectivity index is 2.22. The van der Waals surface area contributed by atoms with Crippen molar-refractivity contribution >= 4 is 10.0 Å². The highest BCUT2D eigenvalue weighted by atomic mass is 32.2. The molecular weight excluding hydrogens is 260 g/mol. The van der Waals surface area contributed by atoms with Crippen LogP contribution in [0.2, 0.25) is 0 Å². The van der Waals surface area contributed by atoms with Crippen LogP contribution in [-0.2, 0) is 16.6 Å². The zero-order valence-corrected chi connectivity index (χ0v) is 11.7. The summed E-state index contributed by atoms with van der Waals surface area (Å²) in [5, 5.41) is 0. The first kappa shape index (κ1) is 13.7. The number of nitrogens with one attached hydrogen (secondary N) is 1. The van der Waals surface area contributed by atoms with Crippen LogP contribution in [0, 0.1) is 13.8 Å². The predicted molar refractivity (Wildman–Crippen MR) is 74.2 cm³/mol. The van der Waals surface area contributed by atoms with E-state index in [4.69, 9.17) is 0 Å². The molecule has 1 aromatic carbocycles. The van der Waals surface area contributed by atoms with Crippen molar-refractivity contribution in [1.29, 1.82) is 0 Å². The van der Waals surface area contributed by atoms with Gasteiger partial charge < -0.3 is 0 Å². The Bertz CT molecular complexity index is 667. The first-order valence-electron chi connectivity index (χ1n) is 5.95. The summed E-state index contributed by atoms with van der Waals surface area (Å²) < 4.78 is 27.1. The minimum Gasteiger partial charge on any atom is -0.264 e. The summed E-state index contributed by atoms with van der Waals surface area (Å²) in [5.41, 5.74) is 2.57. The maximum atomic E-state index is 12.2. The van der Waals surface area contributed by atoms with Gasteiger partial charge in [-0.05, 0) is 42.7 Å². The van der Waals surface area contributed by atoms with Gasteiger partial charge in [-0.15, -0.1) is 0 Å². The summed E-state index contributed by atoms with van der Waals surface area (Å²) in [6.07, 6.45) is 3.30. The lowest BCUT2D eigenvalue weighted by atomic mass is 10.1. The molecule has 0 atom stereocenters. The SMILES string of the molecule is Cc1cccc(S(=O)(=O)NCc2cccnc2)c1C. The molecule has 1 aromatic heterocycles. The van der Waals surface area contributed by atoms with Crippen molar-refractivity contribution in [1.82, 2.24) is 9.71 Å². The fraction of sp³-hybridized carbons (Fsp3) is 0.214. The molecule has 0 unspecified atom stereocenters. The Morgan fingerprint density at radius 3 is 2.63 bits per heavy atom. The second kappa shape index (κ2) is 5.50. The Morgan fingerprint density at radius 1 is 1.16 bits per heavy atom. The van der Waals surface area contributed by atoms with E-state index < -0.39 is 10.0 Å². The summed E-state index contributed by atoms with van der Waals surface area (Å²) in [6, 6.07) is 8.88. The second-order valence-corrected chi connectivity index (χ2v) is 6.12. The average molecular weight is 276 g/mol. The first-order valence-corrected chi connectivity index (χ1v) is 7.44. The van der Waals surface area contributed by atoms with Gasteiger partial charge >= 0.3 is 0 Å². The topological polar surface area (TPSA) is 59.1 Å². The van der Waals surface area contributed by atoms with Crippen LogP contribution in [0.15, 0.2) is 47.6 Å². The van der Waals surface area contributed by atoms with Crippen LogP contribution in [0.3, 0.4) is 0 Å². The monoisotopic (exact) mass is 276 g/mol. The first-order chi connectivity index (χ1) is 9.00. The molecule has 0 radical (unpaired) electrons. The van der Waals surface area contributed by atoms with Gasteiger partial charge in [0.25, 0.3) is 0 Å². The van der Waals surface area contributed by atoms with Gasteiger partial charge in [0.05, 0.1) is 4.90 Å². The van der Waals surface area contributed by atoms with E-state index in [-0.39, 0.29) is 6.54 Å². The Hall–Kier alpha value is -1.72. The van der Waals surface area contributed by atoms with Gasteiger partial charge in [0.1, 0.15) is 0 Å². The Morgan fingerprint density at radius 2 is 1.95 bits per heavy atom. The number of aromatic nitrogens is 1. The highest BCUT2D eigenvalue weighted by molar-refractivity contribution is 7.89. The van der Waals surface area contributed by atoms with Crippen LogP contribution in [0.25, 0.3) is 0 Å². The van der Waals surface area contributed by atoms with E-state index in [1.54, 1.807) is 30.6 Å². The van der Waals surface area contributed by atoms with Crippen LogP contribution < -0.4 is 4.72 Å². The van der Waals surface area contributed by atoms with Gasteiger partial charge in [0, 0.05) is 18.9 Å². The molecular formula is C14H16N2O2S. The molecule has 1 N–H and O–H groups in total. The Kier molecular flexibility index (Phi) is 3.97. The molecule has 5 heteroatoms. The number of nitrogens with zero attached hydrogens (tertiary/aromatic N) is 1. The molecule has 0 spiro atoms. The van der Waals surface area contributed by atoms with Crippen molar-refractivity contribution in [2.45, 2.75) is 25.3 Å². The highest BCUT2D eigenvalue weighted by Gasteiger charge is 2.16. The third-order valence-corrected chi connectivity index (χ3v) is 4.58. The van der Waals surface area contributed by atoms with Gasteiger partial charge in [-0.3, -0.25) is 4.98 Å². The summed E-state index contributed by atoms with van der Waals surface area (Å²) >= 11 is 0. The van der Waals surface area contributed by atoms with Crippen molar-refractivity contribution in [3.05, 3.63) is 59.4 Å². The number of hydrogen-bond acceptors (Lipinski definition) is 3. The van der Waals surface area contributed by atoms with E-state index >= 15 is 0 Å². The molecule has 0 fully saturated rings. The number of rotatable bonds is 4. The average Bonchev–Trinajstić information content (AvgIpc) is 2.41. The van der Waals surface area contributed by atoms with Crippen LogP contribution in [-0.4, -0.2) is 13.4 Å². The van der Waals surface area contributed by atoms with Crippen LogP contribution >= 0.6 is 0 Å². The third kappa shape index (κ3) is 3.19. The van der Waals surface area contributed by atoms with Gasteiger partial charge in [-0.2, -0.15) is 0 Å². The zero-order valence-electron chi connectivity index (χ0n) is 10.9. The maximum Gasteiger partial charge on any atom is 0.241 e. The molecule has 0 bridgehead atoms. The number of sulfonamides is 1. The normalized spacial score (nSPS) is 11.5. The van der Waals surface area contributed by atoms with Crippen LogP contribution in [0.1, 0.15) is 16.7 Å². The van der Waals surface area contributed by atoms with Gasteiger partial charge in [0.15, 0.2) is 0 Å².